The number of thioether (sulfide) groups is 1. The van der Waals surface area contributed by atoms with Crippen LogP contribution in [-0.2, 0) is 11.2 Å². The van der Waals surface area contributed by atoms with Gasteiger partial charge in [-0.3, -0.25) is 4.79 Å². The van der Waals surface area contributed by atoms with E-state index in [2.05, 4.69) is 5.32 Å². The lowest BCUT2D eigenvalue weighted by Crippen LogP contribution is -2.24. The number of nitrogens with one attached hydrogen (secondary N) is 1. The molecule has 1 aromatic rings. The second-order valence-electron chi connectivity index (χ2n) is 3.94. The Morgan fingerprint density at radius 1 is 1.56 bits per heavy atom. The molecule has 1 heterocycles. The van der Waals surface area contributed by atoms with Crippen molar-refractivity contribution in [2.75, 3.05) is 11.1 Å². The van der Waals surface area contributed by atoms with Gasteiger partial charge in [0.1, 0.15) is 6.10 Å². The van der Waals surface area contributed by atoms with E-state index >= 15 is 0 Å². The second-order valence-corrected chi connectivity index (χ2v) is 5.08. The van der Waals surface area contributed by atoms with E-state index in [1.54, 1.807) is 0 Å². The summed E-state index contributed by atoms with van der Waals surface area (Å²) in [7, 11) is 0. The summed E-state index contributed by atoms with van der Waals surface area (Å²) in [5.74, 6) is 0.815. The number of fused-ring (bicyclic) bond motifs is 1. The molecule has 0 saturated heterocycles. The molecule has 0 radical (unpaired) electrons. The lowest BCUT2D eigenvalue weighted by atomic mass is 10.1. The smallest absolute Gasteiger partial charge is 0.252 e. The first-order chi connectivity index (χ1) is 7.66. The predicted octanol–water partition coefficient (Wildman–Crippen LogP) is 2.04. The van der Waals surface area contributed by atoms with Crippen LogP contribution in [-0.4, -0.2) is 22.9 Å². The van der Waals surface area contributed by atoms with Gasteiger partial charge in [0, 0.05) is 10.6 Å². The van der Waals surface area contributed by atoms with Crippen molar-refractivity contribution in [3.63, 3.8) is 0 Å². The molecule has 0 aliphatic carbocycles. The van der Waals surface area contributed by atoms with E-state index < -0.39 is 6.10 Å². The normalized spacial score (nSPS) is 16.4. The SMILES string of the molecule is CC(O)C(=O)Nc1ccc2c(c1)CCCS2. The van der Waals surface area contributed by atoms with Gasteiger partial charge in [-0.05, 0) is 49.3 Å². The molecule has 16 heavy (non-hydrogen) atoms. The fraction of sp³-hybridized carbons (Fsp3) is 0.417. The van der Waals surface area contributed by atoms with Crippen LogP contribution in [0.15, 0.2) is 23.1 Å². The third-order valence-corrected chi connectivity index (χ3v) is 3.76. The van der Waals surface area contributed by atoms with Crippen molar-refractivity contribution in [1.29, 1.82) is 0 Å². The number of hydrogen-bond donors (Lipinski definition) is 2. The summed E-state index contributed by atoms with van der Waals surface area (Å²) < 4.78 is 0. The van der Waals surface area contributed by atoms with E-state index in [4.69, 9.17) is 5.11 Å². The minimum Gasteiger partial charge on any atom is -0.384 e. The summed E-state index contributed by atoms with van der Waals surface area (Å²) in [6, 6.07) is 5.93. The van der Waals surface area contributed by atoms with Gasteiger partial charge in [0.15, 0.2) is 0 Å². The zero-order valence-corrected chi connectivity index (χ0v) is 10.0. The number of aliphatic hydroxyl groups excluding tert-OH is 1. The van der Waals surface area contributed by atoms with E-state index in [1.165, 1.54) is 29.6 Å². The number of aryl methyl sites for hydroxylation is 1. The van der Waals surface area contributed by atoms with Crippen LogP contribution in [0, 0.1) is 0 Å². The number of carbonyl (C=O) groups excluding carboxylic acids is 1. The Kier molecular flexibility index (Phi) is 3.51. The molecule has 1 atom stereocenters. The molecule has 4 heteroatoms. The fourth-order valence-electron chi connectivity index (χ4n) is 1.68. The zero-order chi connectivity index (χ0) is 11.5. The number of anilines is 1. The van der Waals surface area contributed by atoms with Crippen LogP contribution in [0.3, 0.4) is 0 Å². The van der Waals surface area contributed by atoms with Crippen LogP contribution < -0.4 is 5.32 Å². The first kappa shape index (κ1) is 11.5. The molecular weight excluding hydrogens is 222 g/mol. The highest BCUT2D eigenvalue weighted by molar-refractivity contribution is 7.99. The van der Waals surface area contributed by atoms with Crippen LogP contribution in [0.4, 0.5) is 5.69 Å². The monoisotopic (exact) mass is 237 g/mol. The number of aliphatic hydroxyl groups is 1. The standard InChI is InChI=1S/C12H15NO2S/c1-8(14)12(15)13-10-4-5-11-9(7-10)3-2-6-16-11/h4-5,7-8,14H,2-3,6H2,1H3,(H,13,15). The predicted molar refractivity (Wildman–Crippen MR) is 65.8 cm³/mol. The van der Waals surface area contributed by atoms with Crippen LogP contribution in [0.1, 0.15) is 18.9 Å². The maximum Gasteiger partial charge on any atom is 0.252 e. The molecule has 1 amide bonds. The third-order valence-electron chi connectivity index (χ3n) is 2.56. The Bertz CT molecular complexity index is 404. The first-order valence-electron chi connectivity index (χ1n) is 5.41. The Morgan fingerprint density at radius 2 is 2.38 bits per heavy atom. The van der Waals surface area contributed by atoms with Gasteiger partial charge in [-0.25, -0.2) is 0 Å². The quantitative estimate of drug-likeness (QED) is 0.827. The Labute approximate surface area is 99.2 Å². The van der Waals surface area contributed by atoms with Crippen molar-refractivity contribution in [1.82, 2.24) is 0 Å². The highest BCUT2D eigenvalue weighted by Gasteiger charge is 2.12. The average Bonchev–Trinajstić information content (AvgIpc) is 2.28. The van der Waals surface area contributed by atoms with E-state index in [-0.39, 0.29) is 5.91 Å². The summed E-state index contributed by atoms with van der Waals surface area (Å²) in [6.07, 6.45) is 1.29. The van der Waals surface area contributed by atoms with Crippen LogP contribution >= 0.6 is 11.8 Å². The van der Waals surface area contributed by atoms with Gasteiger partial charge >= 0.3 is 0 Å². The van der Waals surface area contributed by atoms with Gasteiger partial charge < -0.3 is 10.4 Å². The molecule has 1 unspecified atom stereocenters. The lowest BCUT2D eigenvalue weighted by Gasteiger charge is -2.16. The molecule has 0 spiro atoms. The van der Waals surface area contributed by atoms with E-state index in [9.17, 15) is 4.79 Å². The Balaban J connectivity index is 2.14. The summed E-state index contributed by atoms with van der Waals surface area (Å²) in [5, 5.41) is 11.8. The minimum atomic E-state index is -0.967. The number of benzene rings is 1. The number of amides is 1. The third kappa shape index (κ3) is 2.57. The fourth-order valence-corrected chi connectivity index (χ4v) is 2.70. The molecular formula is C12H15NO2S. The van der Waals surface area contributed by atoms with Crippen LogP contribution in [0.5, 0.6) is 0 Å². The number of carbonyl (C=O) groups is 1. The highest BCUT2D eigenvalue weighted by atomic mass is 32.2. The maximum absolute atomic E-state index is 11.3. The van der Waals surface area contributed by atoms with Crippen LogP contribution in [0.2, 0.25) is 0 Å². The summed E-state index contributed by atoms with van der Waals surface area (Å²) >= 11 is 1.86. The Hall–Kier alpha value is -1.00. The van der Waals surface area contributed by atoms with Crippen molar-refractivity contribution in [2.45, 2.75) is 30.8 Å². The van der Waals surface area contributed by atoms with Gasteiger partial charge in [0.2, 0.25) is 0 Å². The van der Waals surface area contributed by atoms with Gasteiger partial charge in [0.25, 0.3) is 5.91 Å². The van der Waals surface area contributed by atoms with Gasteiger partial charge in [-0.15, -0.1) is 11.8 Å². The van der Waals surface area contributed by atoms with E-state index in [0.717, 1.165) is 12.1 Å². The molecule has 86 valence electrons. The zero-order valence-electron chi connectivity index (χ0n) is 9.19. The molecule has 0 bridgehead atoms. The van der Waals surface area contributed by atoms with Gasteiger partial charge in [0.05, 0.1) is 0 Å². The summed E-state index contributed by atoms with van der Waals surface area (Å²) in [5.41, 5.74) is 2.06. The van der Waals surface area contributed by atoms with Crippen molar-refractivity contribution < 1.29 is 9.90 Å². The average molecular weight is 237 g/mol. The summed E-state index contributed by atoms with van der Waals surface area (Å²) in [4.78, 5) is 12.6. The molecule has 1 aliphatic heterocycles. The van der Waals surface area contributed by atoms with Gasteiger partial charge in [-0.2, -0.15) is 0 Å². The largest absolute Gasteiger partial charge is 0.384 e. The van der Waals surface area contributed by atoms with Crippen molar-refractivity contribution in [2.24, 2.45) is 0 Å². The number of hydrogen-bond acceptors (Lipinski definition) is 3. The van der Waals surface area contributed by atoms with Crippen LogP contribution in [0.25, 0.3) is 0 Å². The molecule has 1 aliphatic rings. The topological polar surface area (TPSA) is 49.3 Å². The molecule has 0 aromatic heterocycles. The molecule has 2 N–H and O–H groups in total. The second kappa shape index (κ2) is 4.89. The first-order valence-corrected chi connectivity index (χ1v) is 6.40. The Morgan fingerprint density at radius 3 is 3.12 bits per heavy atom. The van der Waals surface area contributed by atoms with Crippen molar-refractivity contribution >= 4 is 23.4 Å². The molecule has 2 rings (SSSR count). The van der Waals surface area contributed by atoms with Crippen molar-refractivity contribution in [3.05, 3.63) is 23.8 Å². The molecule has 3 nitrogen and oxygen atoms in total. The maximum atomic E-state index is 11.3. The summed E-state index contributed by atoms with van der Waals surface area (Å²) in [6.45, 7) is 1.46. The molecule has 0 fully saturated rings. The molecule has 0 saturated carbocycles. The van der Waals surface area contributed by atoms with Crippen molar-refractivity contribution in [3.8, 4) is 0 Å². The van der Waals surface area contributed by atoms with Gasteiger partial charge in [-0.1, -0.05) is 0 Å². The number of rotatable bonds is 2. The van der Waals surface area contributed by atoms with E-state index in [1.807, 2.05) is 30.0 Å². The molecule has 1 aromatic carbocycles. The minimum absolute atomic E-state index is 0.358. The lowest BCUT2D eigenvalue weighted by molar-refractivity contribution is -0.123. The highest BCUT2D eigenvalue weighted by Crippen LogP contribution is 2.31. The van der Waals surface area contributed by atoms with E-state index in [0.29, 0.717) is 0 Å².